The summed E-state index contributed by atoms with van der Waals surface area (Å²) in [5, 5.41) is 3.82. The van der Waals surface area contributed by atoms with Crippen LogP contribution >= 0.6 is 0 Å². The predicted octanol–water partition coefficient (Wildman–Crippen LogP) is 3.77. The highest BCUT2D eigenvalue weighted by Gasteiger charge is 2.09. The van der Waals surface area contributed by atoms with Crippen LogP contribution in [0.15, 0.2) is 47.7 Å². The molecule has 0 unspecified atom stereocenters. The molecule has 0 aliphatic rings. The molecule has 1 N–H and O–H groups in total. The number of hydrazone groups is 1. The molecule has 0 aliphatic carbocycles. The van der Waals surface area contributed by atoms with Gasteiger partial charge in [0.15, 0.2) is 0 Å². The van der Waals surface area contributed by atoms with Crippen LogP contribution in [0.3, 0.4) is 0 Å². The molecule has 5 nitrogen and oxygen atoms in total. The molecule has 1 amide bonds. The molecular weight excluding hydrogens is 290 g/mol. The maximum Gasteiger partial charge on any atom is 0.428 e. The summed E-state index contributed by atoms with van der Waals surface area (Å²) in [6, 6.07) is 11.6. The van der Waals surface area contributed by atoms with E-state index >= 15 is 0 Å². The lowest BCUT2D eigenvalue weighted by Gasteiger charge is -2.13. The van der Waals surface area contributed by atoms with Crippen molar-refractivity contribution in [3.63, 3.8) is 0 Å². The second-order valence-corrected chi connectivity index (χ2v) is 5.56. The van der Waals surface area contributed by atoms with E-state index in [1.807, 2.05) is 25.1 Å². The number of benzene rings is 1. The van der Waals surface area contributed by atoms with Crippen LogP contribution in [0, 0.1) is 6.92 Å². The fourth-order valence-corrected chi connectivity index (χ4v) is 2.20. The highest BCUT2D eigenvalue weighted by Crippen LogP contribution is 2.21. The van der Waals surface area contributed by atoms with Gasteiger partial charge in [-0.15, -0.1) is 0 Å². The van der Waals surface area contributed by atoms with Gasteiger partial charge in [-0.25, -0.2) is 10.2 Å². The average Bonchev–Trinajstić information content (AvgIpc) is 2.53. The lowest BCUT2D eigenvalue weighted by Crippen LogP contribution is -2.19. The minimum Gasteiger partial charge on any atom is -0.443 e. The Balaban J connectivity index is 1.90. The van der Waals surface area contributed by atoms with E-state index in [-0.39, 0.29) is 6.61 Å². The van der Waals surface area contributed by atoms with E-state index in [0.29, 0.717) is 11.6 Å². The summed E-state index contributed by atoms with van der Waals surface area (Å²) < 4.78 is 5.23. The van der Waals surface area contributed by atoms with Crippen molar-refractivity contribution >= 4 is 12.3 Å². The lowest BCUT2D eigenvalue weighted by atomic mass is 9.96. The van der Waals surface area contributed by atoms with Crippen LogP contribution in [0.25, 0.3) is 0 Å². The number of rotatable bonds is 5. The van der Waals surface area contributed by atoms with E-state index in [2.05, 4.69) is 41.5 Å². The smallest absolute Gasteiger partial charge is 0.428 e. The first-order valence-electron chi connectivity index (χ1n) is 7.52. The van der Waals surface area contributed by atoms with Gasteiger partial charge in [0.1, 0.15) is 6.61 Å². The largest absolute Gasteiger partial charge is 0.443 e. The number of pyridine rings is 1. The summed E-state index contributed by atoms with van der Waals surface area (Å²) in [6.07, 6.45) is 2.53. The molecule has 1 heterocycles. The number of hydrogen-bond acceptors (Lipinski definition) is 4. The Morgan fingerprint density at radius 3 is 2.87 bits per heavy atom. The second kappa shape index (κ2) is 8.08. The Labute approximate surface area is 136 Å². The molecule has 0 radical (unpaired) electrons. The van der Waals surface area contributed by atoms with Gasteiger partial charge in [-0.1, -0.05) is 43.7 Å². The fraction of sp³-hybridized carbons (Fsp3) is 0.278. The predicted molar refractivity (Wildman–Crippen MR) is 90.4 cm³/mol. The minimum atomic E-state index is -0.589. The summed E-state index contributed by atoms with van der Waals surface area (Å²) in [6.45, 7) is 6.47. The van der Waals surface area contributed by atoms with Gasteiger partial charge in [-0.05, 0) is 36.1 Å². The summed E-state index contributed by atoms with van der Waals surface area (Å²) in [7, 11) is 0. The van der Waals surface area contributed by atoms with Gasteiger partial charge in [0.05, 0.1) is 11.9 Å². The first kappa shape index (κ1) is 16.7. The van der Waals surface area contributed by atoms with Gasteiger partial charge in [-0.3, -0.25) is 4.98 Å². The Kier molecular flexibility index (Phi) is 5.86. The molecule has 0 spiro atoms. The second-order valence-electron chi connectivity index (χ2n) is 5.56. The van der Waals surface area contributed by atoms with Gasteiger partial charge in [0.25, 0.3) is 0 Å². The van der Waals surface area contributed by atoms with Crippen molar-refractivity contribution in [2.24, 2.45) is 5.10 Å². The third-order valence-corrected chi connectivity index (χ3v) is 3.32. The molecule has 1 aromatic carbocycles. The molecule has 0 aliphatic heterocycles. The van der Waals surface area contributed by atoms with E-state index in [4.69, 9.17) is 4.74 Å². The van der Waals surface area contributed by atoms with Gasteiger partial charge in [0.2, 0.25) is 0 Å². The Morgan fingerprint density at radius 2 is 2.17 bits per heavy atom. The first-order valence-corrected chi connectivity index (χ1v) is 7.52. The fourth-order valence-electron chi connectivity index (χ4n) is 2.20. The molecule has 0 fully saturated rings. The number of carbonyl (C=O) groups excluding carboxylic acids is 1. The monoisotopic (exact) mass is 311 g/mol. The first-order chi connectivity index (χ1) is 11.1. The molecule has 1 aromatic heterocycles. The molecule has 0 saturated heterocycles. The Morgan fingerprint density at radius 1 is 1.35 bits per heavy atom. The van der Waals surface area contributed by atoms with Crippen LogP contribution in [0.5, 0.6) is 0 Å². The number of nitrogens with zero attached hydrogens (tertiary/aromatic N) is 2. The van der Waals surface area contributed by atoms with E-state index in [0.717, 1.165) is 11.1 Å². The number of carbonyl (C=O) groups is 1. The summed E-state index contributed by atoms with van der Waals surface area (Å²) >= 11 is 0. The number of nitrogens with one attached hydrogen (secondary N) is 1. The topological polar surface area (TPSA) is 63.6 Å². The molecule has 23 heavy (non-hydrogen) atoms. The summed E-state index contributed by atoms with van der Waals surface area (Å²) in [5.41, 5.74) is 6.33. The number of hydrogen-bond donors (Lipinski definition) is 1. The number of ether oxygens (including phenoxy) is 1. The van der Waals surface area contributed by atoms with Gasteiger partial charge < -0.3 is 4.74 Å². The van der Waals surface area contributed by atoms with Gasteiger partial charge in [-0.2, -0.15) is 5.10 Å². The molecule has 5 heteroatoms. The zero-order valence-corrected chi connectivity index (χ0v) is 13.6. The average molecular weight is 311 g/mol. The molecule has 2 aromatic rings. The van der Waals surface area contributed by atoms with Crippen molar-refractivity contribution in [1.29, 1.82) is 0 Å². The van der Waals surface area contributed by atoms with Crippen molar-refractivity contribution < 1.29 is 9.53 Å². The SMILES string of the molecule is Cc1ccc(C(C)C)c(COC(=O)NN=Cc2ccccn2)c1. The summed E-state index contributed by atoms with van der Waals surface area (Å²) in [5.74, 6) is 0.374. The molecule has 0 bridgehead atoms. The standard InChI is InChI=1S/C18H21N3O2/c1-13(2)17-8-7-14(3)10-15(17)12-23-18(22)21-20-11-16-6-4-5-9-19-16/h4-11,13H,12H2,1-3H3,(H,21,22). The lowest BCUT2D eigenvalue weighted by molar-refractivity contribution is 0.139. The maximum absolute atomic E-state index is 11.7. The van der Waals surface area contributed by atoms with Crippen molar-refractivity contribution in [1.82, 2.24) is 10.4 Å². The van der Waals surface area contributed by atoms with Gasteiger partial charge in [0, 0.05) is 6.20 Å². The molecule has 120 valence electrons. The van der Waals surface area contributed by atoms with Crippen molar-refractivity contribution in [3.8, 4) is 0 Å². The zero-order chi connectivity index (χ0) is 16.7. The van der Waals surface area contributed by atoms with Crippen molar-refractivity contribution in [2.75, 3.05) is 0 Å². The Hall–Kier alpha value is -2.69. The Bertz CT molecular complexity index is 682. The molecule has 0 saturated carbocycles. The molecular formula is C18H21N3O2. The highest BCUT2D eigenvalue weighted by atomic mass is 16.5. The van der Waals surface area contributed by atoms with Crippen LogP contribution in [0.4, 0.5) is 4.79 Å². The van der Waals surface area contributed by atoms with Crippen LogP contribution in [-0.4, -0.2) is 17.3 Å². The minimum absolute atomic E-state index is 0.222. The van der Waals surface area contributed by atoms with Crippen molar-refractivity contribution in [2.45, 2.75) is 33.3 Å². The van der Waals surface area contributed by atoms with Crippen LogP contribution in [-0.2, 0) is 11.3 Å². The van der Waals surface area contributed by atoms with Crippen LogP contribution in [0.1, 0.15) is 42.1 Å². The molecule has 2 rings (SSSR count). The summed E-state index contributed by atoms with van der Waals surface area (Å²) in [4.78, 5) is 15.8. The zero-order valence-electron chi connectivity index (χ0n) is 13.6. The third-order valence-electron chi connectivity index (χ3n) is 3.32. The quantitative estimate of drug-likeness (QED) is 0.675. The van der Waals surface area contributed by atoms with Crippen molar-refractivity contribution in [3.05, 3.63) is 65.0 Å². The normalized spacial score (nSPS) is 11.0. The number of aromatic nitrogens is 1. The number of aryl methyl sites for hydroxylation is 1. The van der Waals surface area contributed by atoms with Crippen LogP contribution < -0.4 is 5.43 Å². The van der Waals surface area contributed by atoms with Gasteiger partial charge >= 0.3 is 6.09 Å². The number of amides is 1. The maximum atomic E-state index is 11.7. The van der Waals surface area contributed by atoms with E-state index in [1.54, 1.807) is 12.3 Å². The molecule has 0 atom stereocenters. The van der Waals surface area contributed by atoms with E-state index in [1.165, 1.54) is 11.8 Å². The van der Waals surface area contributed by atoms with Crippen LogP contribution in [0.2, 0.25) is 0 Å². The van der Waals surface area contributed by atoms with E-state index in [9.17, 15) is 4.79 Å². The van der Waals surface area contributed by atoms with E-state index < -0.39 is 6.09 Å². The highest BCUT2D eigenvalue weighted by molar-refractivity contribution is 5.78. The third kappa shape index (κ3) is 5.21.